The molecule has 1 saturated carbocycles. The van der Waals surface area contributed by atoms with E-state index in [1.165, 1.54) is 24.3 Å². The van der Waals surface area contributed by atoms with E-state index in [-0.39, 0.29) is 11.4 Å². The number of benzene rings is 1. The minimum absolute atomic E-state index is 0.0814. The standard InChI is InChI=1S/C13H10Cl2N4O2/c14-8-3-4-10(19(20)21)9(5-8)16-12-6-11(15)17-13(18-12)7-1-2-7/h3-7H,1-2H2,(H,16,17,18). The molecule has 0 amide bonds. The molecule has 0 atom stereocenters. The van der Waals surface area contributed by atoms with E-state index in [0.717, 1.165) is 12.8 Å². The summed E-state index contributed by atoms with van der Waals surface area (Å²) in [6.45, 7) is 0. The van der Waals surface area contributed by atoms with Gasteiger partial charge in [-0.15, -0.1) is 0 Å². The van der Waals surface area contributed by atoms with Crippen molar-refractivity contribution in [3.8, 4) is 0 Å². The smallest absolute Gasteiger partial charge is 0.292 e. The summed E-state index contributed by atoms with van der Waals surface area (Å²) in [7, 11) is 0. The van der Waals surface area contributed by atoms with Gasteiger partial charge in [-0.25, -0.2) is 9.97 Å². The van der Waals surface area contributed by atoms with Crippen LogP contribution in [0.2, 0.25) is 10.2 Å². The maximum atomic E-state index is 11.0. The average molecular weight is 325 g/mol. The number of nitro benzene ring substituents is 1. The largest absolute Gasteiger partial charge is 0.334 e. The van der Waals surface area contributed by atoms with Gasteiger partial charge in [0, 0.05) is 23.1 Å². The number of halogens is 2. The van der Waals surface area contributed by atoms with Crippen LogP contribution in [0.15, 0.2) is 24.3 Å². The second kappa shape index (κ2) is 5.46. The minimum Gasteiger partial charge on any atom is -0.334 e. The predicted molar refractivity (Wildman–Crippen MR) is 80.4 cm³/mol. The van der Waals surface area contributed by atoms with Crippen molar-refractivity contribution in [1.29, 1.82) is 0 Å². The van der Waals surface area contributed by atoms with Crippen molar-refractivity contribution in [2.75, 3.05) is 5.32 Å². The van der Waals surface area contributed by atoms with E-state index in [4.69, 9.17) is 23.2 Å². The molecule has 1 aliphatic rings. The van der Waals surface area contributed by atoms with Gasteiger partial charge in [0.25, 0.3) is 5.69 Å². The molecular weight excluding hydrogens is 315 g/mol. The highest BCUT2D eigenvalue weighted by molar-refractivity contribution is 6.31. The minimum atomic E-state index is -0.483. The third kappa shape index (κ3) is 3.22. The number of aromatic nitrogens is 2. The van der Waals surface area contributed by atoms with Crippen LogP contribution in [0, 0.1) is 10.1 Å². The summed E-state index contributed by atoms with van der Waals surface area (Å²) in [5, 5.41) is 14.6. The van der Waals surface area contributed by atoms with Crippen molar-refractivity contribution >= 4 is 40.4 Å². The Bertz CT molecular complexity index is 719. The molecule has 1 heterocycles. The summed E-state index contributed by atoms with van der Waals surface area (Å²) in [4.78, 5) is 19.1. The lowest BCUT2D eigenvalue weighted by molar-refractivity contribution is -0.383. The molecule has 0 saturated heterocycles. The predicted octanol–water partition coefficient (Wildman–Crippen LogP) is 4.31. The third-order valence-electron chi connectivity index (χ3n) is 3.07. The van der Waals surface area contributed by atoms with Crippen LogP contribution in [0.1, 0.15) is 24.6 Å². The van der Waals surface area contributed by atoms with Gasteiger partial charge in [-0.05, 0) is 25.0 Å². The Hall–Kier alpha value is -1.92. The van der Waals surface area contributed by atoms with Crippen molar-refractivity contribution in [3.63, 3.8) is 0 Å². The van der Waals surface area contributed by atoms with Gasteiger partial charge in [0.1, 0.15) is 22.5 Å². The number of anilines is 2. The van der Waals surface area contributed by atoms with E-state index in [1.54, 1.807) is 0 Å². The molecular formula is C13H10Cl2N4O2. The van der Waals surface area contributed by atoms with E-state index >= 15 is 0 Å². The van der Waals surface area contributed by atoms with Crippen LogP contribution >= 0.6 is 23.2 Å². The summed E-state index contributed by atoms with van der Waals surface area (Å²) in [5.41, 5.74) is 0.186. The highest BCUT2D eigenvalue weighted by Crippen LogP contribution is 2.39. The molecule has 2 aromatic rings. The Morgan fingerprint density at radius 2 is 2.00 bits per heavy atom. The first-order valence-corrected chi connectivity index (χ1v) is 7.04. The number of hydrogen-bond acceptors (Lipinski definition) is 5. The maximum absolute atomic E-state index is 11.0. The van der Waals surface area contributed by atoms with E-state index in [0.29, 0.717) is 27.7 Å². The molecule has 0 aliphatic heterocycles. The van der Waals surface area contributed by atoms with Gasteiger partial charge in [0.05, 0.1) is 4.92 Å². The molecule has 0 bridgehead atoms. The summed E-state index contributed by atoms with van der Waals surface area (Å²) in [6.07, 6.45) is 2.08. The van der Waals surface area contributed by atoms with Crippen molar-refractivity contribution in [3.05, 3.63) is 50.4 Å². The lowest BCUT2D eigenvalue weighted by Gasteiger charge is -2.08. The van der Waals surface area contributed by atoms with Gasteiger partial charge in [0.15, 0.2) is 0 Å². The van der Waals surface area contributed by atoms with Crippen LogP contribution in [0.5, 0.6) is 0 Å². The first-order valence-electron chi connectivity index (χ1n) is 6.28. The van der Waals surface area contributed by atoms with Crippen LogP contribution in [-0.4, -0.2) is 14.9 Å². The lowest BCUT2D eigenvalue weighted by atomic mass is 10.2. The summed E-state index contributed by atoms with van der Waals surface area (Å²) >= 11 is 11.9. The fourth-order valence-corrected chi connectivity index (χ4v) is 2.29. The van der Waals surface area contributed by atoms with Gasteiger partial charge in [-0.3, -0.25) is 10.1 Å². The number of nitrogens with zero attached hydrogens (tertiary/aromatic N) is 3. The highest BCUT2D eigenvalue weighted by atomic mass is 35.5. The Balaban J connectivity index is 1.96. The quantitative estimate of drug-likeness (QED) is 0.514. The van der Waals surface area contributed by atoms with Gasteiger partial charge >= 0.3 is 0 Å². The number of hydrogen-bond donors (Lipinski definition) is 1. The zero-order valence-electron chi connectivity index (χ0n) is 10.7. The van der Waals surface area contributed by atoms with Crippen LogP contribution in [-0.2, 0) is 0 Å². The molecule has 8 heteroatoms. The Morgan fingerprint density at radius 3 is 2.67 bits per heavy atom. The Labute approximate surface area is 130 Å². The van der Waals surface area contributed by atoms with E-state index < -0.39 is 4.92 Å². The molecule has 1 aromatic heterocycles. The molecule has 21 heavy (non-hydrogen) atoms. The van der Waals surface area contributed by atoms with E-state index in [1.807, 2.05) is 0 Å². The molecule has 0 spiro atoms. The fraction of sp³-hybridized carbons (Fsp3) is 0.231. The zero-order chi connectivity index (χ0) is 15.0. The fourth-order valence-electron chi connectivity index (χ4n) is 1.93. The summed E-state index contributed by atoms with van der Waals surface area (Å²) in [5.74, 6) is 1.41. The Morgan fingerprint density at radius 1 is 1.24 bits per heavy atom. The molecule has 0 unspecified atom stereocenters. The zero-order valence-corrected chi connectivity index (χ0v) is 12.2. The van der Waals surface area contributed by atoms with Crippen LogP contribution in [0.25, 0.3) is 0 Å². The summed E-state index contributed by atoms with van der Waals surface area (Å²) < 4.78 is 0. The van der Waals surface area contributed by atoms with Crippen molar-refractivity contribution in [2.24, 2.45) is 0 Å². The van der Waals surface area contributed by atoms with Crippen LogP contribution in [0.4, 0.5) is 17.2 Å². The highest BCUT2D eigenvalue weighted by Gasteiger charge is 2.27. The number of nitrogens with one attached hydrogen (secondary N) is 1. The van der Waals surface area contributed by atoms with Crippen molar-refractivity contribution in [1.82, 2.24) is 9.97 Å². The first-order chi connectivity index (χ1) is 10.0. The van der Waals surface area contributed by atoms with Crippen molar-refractivity contribution in [2.45, 2.75) is 18.8 Å². The second-order valence-corrected chi connectivity index (χ2v) is 5.58. The lowest BCUT2D eigenvalue weighted by Crippen LogP contribution is -2.02. The molecule has 1 aromatic carbocycles. The third-order valence-corrected chi connectivity index (χ3v) is 3.50. The van der Waals surface area contributed by atoms with Gasteiger partial charge in [-0.1, -0.05) is 23.2 Å². The number of nitro groups is 1. The molecule has 1 N–H and O–H groups in total. The number of rotatable bonds is 4. The maximum Gasteiger partial charge on any atom is 0.292 e. The monoisotopic (exact) mass is 324 g/mol. The average Bonchev–Trinajstić information content (AvgIpc) is 3.21. The van der Waals surface area contributed by atoms with E-state index in [9.17, 15) is 10.1 Å². The molecule has 1 fully saturated rings. The molecule has 6 nitrogen and oxygen atoms in total. The van der Waals surface area contributed by atoms with E-state index in [2.05, 4.69) is 15.3 Å². The van der Waals surface area contributed by atoms with Gasteiger partial charge < -0.3 is 5.32 Å². The second-order valence-electron chi connectivity index (χ2n) is 4.75. The summed E-state index contributed by atoms with van der Waals surface area (Å²) in [6, 6.07) is 5.81. The normalized spacial score (nSPS) is 14.0. The Kier molecular flexibility index (Phi) is 3.65. The van der Waals surface area contributed by atoms with Gasteiger partial charge in [-0.2, -0.15) is 0 Å². The SMILES string of the molecule is O=[N+]([O-])c1ccc(Cl)cc1Nc1cc(Cl)nc(C2CC2)n1. The topological polar surface area (TPSA) is 81.0 Å². The van der Waals surface area contributed by atoms with Gasteiger partial charge in [0.2, 0.25) is 0 Å². The van der Waals surface area contributed by atoms with Crippen molar-refractivity contribution < 1.29 is 4.92 Å². The first kappa shape index (κ1) is 14.0. The molecule has 0 radical (unpaired) electrons. The molecule has 1 aliphatic carbocycles. The molecule has 108 valence electrons. The van der Waals surface area contributed by atoms with Crippen LogP contribution < -0.4 is 5.32 Å². The van der Waals surface area contributed by atoms with Crippen LogP contribution in [0.3, 0.4) is 0 Å². The molecule has 3 rings (SSSR count).